The van der Waals surface area contributed by atoms with Crippen LogP contribution in [0.5, 0.6) is 28.9 Å². The molecular formula is C29H32ClN3O5. The van der Waals surface area contributed by atoms with Crippen molar-refractivity contribution in [1.82, 2.24) is 14.9 Å². The fourth-order valence-electron chi connectivity index (χ4n) is 5.12. The molecule has 0 bridgehead atoms. The third-order valence-electron chi connectivity index (χ3n) is 7.26. The van der Waals surface area contributed by atoms with E-state index in [2.05, 4.69) is 14.9 Å². The van der Waals surface area contributed by atoms with Crippen LogP contribution in [-0.4, -0.2) is 60.1 Å². The average molecular weight is 538 g/mol. The number of rotatable bonds is 11. The van der Waals surface area contributed by atoms with Gasteiger partial charge in [-0.2, -0.15) is 0 Å². The Labute approximate surface area is 227 Å². The van der Waals surface area contributed by atoms with Gasteiger partial charge in [0.2, 0.25) is 11.6 Å². The minimum atomic E-state index is 0.225. The first kappa shape index (κ1) is 25.2. The molecule has 3 aromatic rings. The zero-order chi connectivity index (χ0) is 25.9. The molecular weight excluding hydrogens is 506 g/mol. The van der Waals surface area contributed by atoms with E-state index < -0.39 is 0 Å². The molecule has 0 unspecified atom stereocenters. The van der Waals surface area contributed by atoms with Crippen LogP contribution in [0.25, 0.3) is 10.9 Å². The van der Waals surface area contributed by atoms with Gasteiger partial charge >= 0.3 is 0 Å². The summed E-state index contributed by atoms with van der Waals surface area (Å²) in [6.07, 6.45) is 8.25. The zero-order valence-corrected chi connectivity index (χ0v) is 22.2. The third-order valence-corrected chi connectivity index (χ3v) is 7.61. The minimum absolute atomic E-state index is 0.225. The molecule has 2 aliphatic heterocycles. The van der Waals surface area contributed by atoms with Crippen LogP contribution in [0.15, 0.2) is 30.6 Å². The first-order valence-electron chi connectivity index (χ1n) is 13.5. The van der Waals surface area contributed by atoms with Crippen LogP contribution in [-0.2, 0) is 11.2 Å². The molecule has 0 atom stereocenters. The Bertz CT molecular complexity index is 1320. The topological polar surface area (TPSA) is 83.0 Å². The minimum Gasteiger partial charge on any atom is -0.489 e. The summed E-state index contributed by atoms with van der Waals surface area (Å²) in [5.74, 6) is 3.32. The Morgan fingerprint density at radius 1 is 1.08 bits per heavy atom. The van der Waals surface area contributed by atoms with Crippen LogP contribution in [0, 0.1) is 5.92 Å². The van der Waals surface area contributed by atoms with E-state index in [1.165, 1.54) is 32.3 Å². The van der Waals surface area contributed by atoms with E-state index in [9.17, 15) is 4.79 Å². The van der Waals surface area contributed by atoms with Gasteiger partial charge in [-0.05, 0) is 68.8 Å². The number of ketones is 1. The first-order valence-corrected chi connectivity index (χ1v) is 13.9. The summed E-state index contributed by atoms with van der Waals surface area (Å²) >= 11 is 6.52. The van der Waals surface area contributed by atoms with Gasteiger partial charge in [0.05, 0.1) is 12.1 Å². The van der Waals surface area contributed by atoms with Crippen molar-refractivity contribution in [2.24, 2.45) is 5.92 Å². The molecule has 0 amide bonds. The van der Waals surface area contributed by atoms with Crippen LogP contribution in [0.2, 0.25) is 5.02 Å². The number of hydrogen-bond acceptors (Lipinski definition) is 8. The van der Waals surface area contributed by atoms with Crippen LogP contribution >= 0.6 is 11.6 Å². The summed E-state index contributed by atoms with van der Waals surface area (Å²) in [6.45, 7) is 4.81. The Hall–Kier alpha value is -3.10. The highest BCUT2D eigenvalue weighted by atomic mass is 35.5. The van der Waals surface area contributed by atoms with Crippen LogP contribution in [0.3, 0.4) is 0 Å². The Morgan fingerprint density at radius 2 is 1.89 bits per heavy atom. The van der Waals surface area contributed by atoms with Crippen molar-refractivity contribution < 1.29 is 23.7 Å². The number of hydrogen-bond donors (Lipinski definition) is 0. The SMILES string of the molecule is O=C(Cc1ccc(Oc2ncnc3cc(OCCCN4CCCC4)c4c(c23)OCCO4)cc1Cl)CC1CC1. The second-order valence-corrected chi connectivity index (χ2v) is 10.7. The largest absolute Gasteiger partial charge is 0.489 e. The van der Waals surface area contributed by atoms with Crippen molar-refractivity contribution in [3.8, 4) is 28.9 Å². The van der Waals surface area contributed by atoms with Crippen LogP contribution < -0.4 is 18.9 Å². The van der Waals surface area contributed by atoms with Gasteiger partial charge in [-0.1, -0.05) is 17.7 Å². The molecule has 0 radical (unpaired) electrons. The molecule has 1 aliphatic carbocycles. The Morgan fingerprint density at radius 3 is 2.68 bits per heavy atom. The van der Waals surface area contributed by atoms with Gasteiger partial charge in [-0.25, -0.2) is 9.97 Å². The normalized spacial score (nSPS) is 17.1. The summed E-state index contributed by atoms with van der Waals surface area (Å²) in [5, 5.41) is 1.11. The van der Waals surface area contributed by atoms with Crippen molar-refractivity contribution in [1.29, 1.82) is 0 Å². The number of Topliss-reactive ketones (excluding diaryl/α,β-unsaturated/α-hetero) is 1. The maximum atomic E-state index is 12.3. The molecule has 6 rings (SSSR count). The number of benzene rings is 2. The highest BCUT2D eigenvalue weighted by Crippen LogP contribution is 2.48. The van der Waals surface area contributed by atoms with E-state index >= 15 is 0 Å². The van der Waals surface area contributed by atoms with Gasteiger partial charge in [0.25, 0.3) is 0 Å². The quantitative estimate of drug-likeness (QED) is 0.291. The van der Waals surface area contributed by atoms with Crippen molar-refractivity contribution in [3.05, 3.63) is 41.2 Å². The Balaban J connectivity index is 1.20. The summed E-state index contributed by atoms with van der Waals surface area (Å²) in [6, 6.07) is 7.22. The molecule has 3 heterocycles. The molecule has 0 N–H and O–H groups in total. The number of likely N-dealkylation sites (tertiary alicyclic amines) is 1. The van der Waals surface area contributed by atoms with E-state index in [-0.39, 0.29) is 5.78 Å². The van der Waals surface area contributed by atoms with E-state index in [1.54, 1.807) is 12.1 Å². The van der Waals surface area contributed by atoms with Crippen LogP contribution in [0.1, 0.15) is 44.1 Å². The van der Waals surface area contributed by atoms with Crippen molar-refractivity contribution in [3.63, 3.8) is 0 Å². The lowest BCUT2D eigenvalue weighted by Crippen LogP contribution is -2.22. The van der Waals surface area contributed by atoms with Gasteiger partial charge in [0.15, 0.2) is 11.5 Å². The maximum absolute atomic E-state index is 12.3. The second-order valence-electron chi connectivity index (χ2n) is 10.3. The molecule has 1 saturated heterocycles. The lowest BCUT2D eigenvalue weighted by Gasteiger charge is -2.23. The van der Waals surface area contributed by atoms with Gasteiger partial charge in [-0.15, -0.1) is 0 Å². The van der Waals surface area contributed by atoms with E-state index in [4.69, 9.17) is 30.5 Å². The number of ether oxygens (including phenoxy) is 4. The van der Waals surface area contributed by atoms with E-state index in [0.717, 1.165) is 31.4 Å². The predicted octanol–water partition coefficient (Wildman–Crippen LogP) is 5.62. The number of aromatic nitrogens is 2. The standard InChI is InChI=1S/C29H32ClN3O5/c30-23-16-22(7-6-20(23)15-21(34)14-19-4-5-19)38-29-26-24(31-18-32-29)17-25(27-28(26)37-13-12-36-27)35-11-3-10-33-8-1-2-9-33/h6-7,16-19H,1-5,8-15H2. The lowest BCUT2D eigenvalue weighted by atomic mass is 10.0. The summed E-state index contributed by atoms with van der Waals surface area (Å²) in [5.41, 5.74) is 1.44. The molecule has 8 nitrogen and oxygen atoms in total. The molecule has 2 fully saturated rings. The predicted molar refractivity (Wildman–Crippen MR) is 144 cm³/mol. The number of fused-ring (bicyclic) bond motifs is 3. The number of nitrogens with zero attached hydrogens (tertiary/aromatic N) is 3. The fraction of sp³-hybridized carbons (Fsp3) is 0.483. The first-order chi connectivity index (χ1) is 18.6. The van der Waals surface area contributed by atoms with Gasteiger partial charge < -0.3 is 23.8 Å². The molecule has 0 spiro atoms. The summed E-state index contributed by atoms with van der Waals surface area (Å²) < 4.78 is 24.3. The smallest absolute Gasteiger partial charge is 0.234 e. The molecule has 9 heteroatoms. The Kier molecular flexibility index (Phi) is 7.51. The third kappa shape index (κ3) is 5.81. The van der Waals surface area contributed by atoms with Crippen molar-refractivity contribution >= 4 is 28.3 Å². The number of halogens is 1. The summed E-state index contributed by atoms with van der Waals surface area (Å²) in [4.78, 5) is 23.6. The zero-order valence-electron chi connectivity index (χ0n) is 21.4. The molecule has 1 saturated carbocycles. The van der Waals surface area contributed by atoms with E-state index in [0.29, 0.717) is 83.4 Å². The van der Waals surface area contributed by atoms with Crippen molar-refractivity contribution in [2.45, 2.75) is 44.9 Å². The molecule has 1 aromatic heterocycles. The second kappa shape index (κ2) is 11.3. The van der Waals surface area contributed by atoms with Crippen LogP contribution in [0.4, 0.5) is 0 Å². The lowest BCUT2D eigenvalue weighted by molar-refractivity contribution is -0.118. The van der Waals surface area contributed by atoms with Gasteiger partial charge in [0, 0.05) is 30.5 Å². The maximum Gasteiger partial charge on any atom is 0.234 e. The highest BCUT2D eigenvalue weighted by molar-refractivity contribution is 6.31. The average Bonchev–Trinajstić information content (AvgIpc) is 3.57. The van der Waals surface area contributed by atoms with E-state index in [1.807, 2.05) is 12.1 Å². The number of carbonyl (C=O) groups excluding carboxylic acids is 1. The molecule has 38 heavy (non-hydrogen) atoms. The highest BCUT2D eigenvalue weighted by Gasteiger charge is 2.26. The number of carbonyl (C=O) groups is 1. The van der Waals surface area contributed by atoms with Gasteiger partial charge in [0.1, 0.15) is 36.5 Å². The summed E-state index contributed by atoms with van der Waals surface area (Å²) in [7, 11) is 0. The monoisotopic (exact) mass is 537 g/mol. The molecule has 2 aromatic carbocycles. The van der Waals surface area contributed by atoms with Gasteiger partial charge in [-0.3, -0.25) is 4.79 Å². The molecule has 200 valence electrons. The van der Waals surface area contributed by atoms with Crippen molar-refractivity contribution in [2.75, 3.05) is 39.5 Å². The fourth-order valence-corrected chi connectivity index (χ4v) is 5.36. The molecule has 3 aliphatic rings.